The Kier molecular flexibility index (Phi) is 3.10. The quantitative estimate of drug-likeness (QED) is 0.629. The van der Waals surface area contributed by atoms with Crippen molar-refractivity contribution in [3.63, 3.8) is 0 Å². The molecule has 0 aliphatic carbocycles. The SMILES string of the molecule is C[Si]1(C)CCN(CCN)CC1. The maximum atomic E-state index is 5.50. The summed E-state index contributed by atoms with van der Waals surface area (Å²) in [4.78, 5) is 2.50. The summed E-state index contributed by atoms with van der Waals surface area (Å²) in [5, 5.41) is 0. The van der Waals surface area contributed by atoms with E-state index in [1.165, 1.54) is 25.2 Å². The second kappa shape index (κ2) is 3.69. The zero-order valence-electron chi connectivity index (χ0n) is 7.77. The first-order valence-electron chi connectivity index (χ1n) is 4.56. The lowest BCUT2D eigenvalue weighted by Gasteiger charge is -2.35. The van der Waals surface area contributed by atoms with Gasteiger partial charge in [0.15, 0.2) is 0 Å². The van der Waals surface area contributed by atoms with Crippen LogP contribution < -0.4 is 5.73 Å². The second-order valence-electron chi connectivity index (χ2n) is 4.29. The van der Waals surface area contributed by atoms with Crippen molar-refractivity contribution in [1.29, 1.82) is 0 Å². The fourth-order valence-corrected chi connectivity index (χ4v) is 3.66. The van der Waals surface area contributed by atoms with Crippen LogP contribution in [0.1, 0.15) is 0 Å². The van der Waals surface area contributed by atoms with Crippen molar-refractivity contribution < 1.29 is 0 Å². The molecule has 2 nitrogen and oxygen atoms in total. The molecule has 1 rings (SSSR count). The van der Waals surface area contributed by atoms with E-state index < -0.39 is 8.07 Å². The van der Waals surface area contributed by atoms with Gasteiger partial charge in [0, 0.05) is 21.2 Å². The van der Waals surface area contributed by atoms with E-state index in [9.17, 15) is 0 Å². The zero-order valence-corrected chi connectivity index (χ0v) is 8.77. The maximum Gasteiger partial charge on any atom is 0.0498 e. The molecule has 0 aromatic heterocycles. The molecule has 0 spiro atoms. The largest absolute Gasteiger partial charge is 0.329 e. The Balaban J connectivity index is 2.25. The molecule has 1 heterocycles. The third-order valence-corrected chi connectivity index (χ3v) is 5.81. The summed E-state index contributed by atoms with van der Waals surface area (Å²) in [6, 6.07) is 2.93. The van der Waals surface area contributed by atoms with Crippen LogP contribution in [-0.4, -0.2) is 39.2 Å². The average Bonchev–Trinajstić information content (AvgIpc) is 1.94. The van der Waals surface area contributed by atoms with Crippen LogP contribution in [0.25, 0.3) is 0 Å². The van der Waals surface area contributed by atoms with Gasteiger partial charge in [0.2, 0.25) is 0 Å². The highest BCUT2D eigenvalue weighted by molar-refractivity contribution is 6.77. The lowest BCUT2D eigenvalue weighted by Crippen LogP contribution is -2.44. The summed E-state index contributed by atoms with van der Waals surface area (Å²) in [7, 11) is -0.744. The van der Waals surface area contributed by atoms with E-state index in [2.05, 4.69) is 18.0 Å². The first kappa shape index (κ1) is 9.23. The molecule has 0 radical (unpaired) electrons. The standard InChI is InChI=1S/C8H20N2Si/c1-11(2)7-5-10(4-3-9)6-8-11/h3-9H2,1-2H3. The molecule has 0 aromatic carbocycles. The van der Waals surface area contributed by atoms with Gasteiger partial charge in [0.25, 0.3) is 0 Å². The molecule has 0 amide bonds. The molecular weight excluding hydrogens is 152 g/mol. The van der Waals surface area contributed by atoms with Crippen LogP contribution in [0, 0.1) is 0 Å². The van der Waals surface area contributed by atoms with Gasteiger partial charge in [-0.1, -0.05) is 13.1 Å². The highest BCUT2D eigenvalue weighted by Crippen LogP contribution is 2.20. The molecule has 66 valence electrons. The summed E-state index contributed by atoms with van der Waals surface area (Å²) in [5.74, 6) is 0. The Morgan fingerprint density at radius 1 is 1.27 bits per heavy atom. The highest BCUT2D eigenvalue weighted by atomic mass is 28.3. The molecule has 0 bridgehead atoms. The van der Waals surface area contributed by atoms with Gasteiger partial charge in [-0.2, -0.15) is 0 Å². The number of rotatable bonds is 2. The summed E-state index contributed by atoms with van der Waals surface area (Å²) in [6.07, 6.45) is 0. The van der Waals surface area contributed by atoms with Gasteiger partial charge in [-0.15, -0.1) is 0 Å². The van der Waals surface area contributed by atoms with Gasteiger partial charge in [-0.3, -0.25) is 0 Å². The van der Waals surface area contributed by atoms with Crippen molar-refractivity contribution in [3.8, 4) is 0 Å². The van der Waals surface area contributed by atoms with Crippen LogP contribution in [0.5, 0.6) is 0 Å². The smallest absolute Gasteiger partial charge is 0.0498 e. The monoisotopic (exact) mass is 172 g/mol. The van der Waals surface area contributed by atoms with E-state index in [1.54, 1.807) is 0 Å². The minimum Gasteiger partial charge on any atom is -0.329 e. The summed E-state index contributed by atoms with van der Waals surface area (Å²) in [6.45, 7) is 9.51. The Bertz CT molecular complexity index is 115. The van der Waals surface area contributed by atoms with Crippen LogP contribution in [0.4, 0.5) is 0 Å². The van der Waals surface area contributed by atoms with Crippen LogP contribution in [0.2, 0.25) is 25.2 Å². The maximum absolute atomic E-state index is 5.50. The van der Waals surface area contributed by atoms with Crippen molar-refractivity contribution in [2.45, 2.75) is 25.2 Å². The number of nitrogens with two attached hydrogens (primary N) is 1. The lowest BCUT2D eigenvalue weighted by atomic mass is 10.4. The van der Waals surface area contributed by atoms with Crippen molar-refractivity contribution >= 4 is 8.07 Å². The third kappa shape index (κ3) is 2.93. The second-order valence-corrected chi connectivity index (χ2v) is 9.62. The Morgan fingerprint density at radius 3 is 2.27 bits per heavy atom. The third-order valence-electron chi connectivity index (χ3n) is 2.65. The van der Waals surface area contributed by atoms with Gasteiger partial charge in [-0.25, -0.2) is 0 Å². The zero-order chi connectivity index (χ0) is 8.32. The normalized spacial score (nSPS) is 25.4. The van der Waals surface area contributed by atoms with Gasteiger partial charge in [-0.05, 0) is 25.2 Å². The van der Waals surface area contributed by atoms with Gasteiger partial charge < -0.3 is 10.6 Å². The molecule has 1 aliphatic rings. The Labute approximate surface area is 70.8 Å². The predicted octanol–water partition coefficient (Wildman–Crippen LogP) is 0.969. The highest BCUT2D eigenvalue weighted by Gasteiger charge is 2.26. The molecular formula is C8H20N2Si. The van der Waals surface area contributed by atoms with Crippen LogP contribution >= 0.6 is 0 Å². The molecule has 1 aliphatic heterocycles. The van der Waals surface area contributed by atoms with Crippen molar-refractivity contribution in [1.82, 2.24) is 4.90 Å². The van der Waals surface area contributed by atoms with Gasteiger partial charge in [0.05, 0.1) is 0 Å². The van der Waals surface area contributed by atoms with E-state index in [1.807, 2.05) is 0 Å². The van der Waals surface area contributed by atoms with E-state index in [0.29, 0.717) is 0 Å². The van der Waals surface area contributed by atoms with Crippen LogP contribution in [0.3, 0.4) is 0 Å². The molecule has 11 heavy (non-hydrogen) atoms. The average molecular weight is 172 g/mol. The number of hydrogen-bond donors (Lipinski definition) is 1. The lowest BCUT2D eigenvalue weighted by molar-refractivity contribution is 0.298. The molecule has 1 fully saturated rings. The van der Waals surface area contributed by atoms with E-state index in [-0.39, 0.29) is 0 Å². The number of nitrogens with zero attached hydrogens (tertiary/aromatic N) is 1. The minimum absolute atomic E-state index is 0.744. The fraction of sp³-hybridized carbons (Fsp3) is 1.00. The number of hydrogen-bond acceptors (Lipinski definition) is 2. The van der Waals surface area contributed by atoms with Crippen molar-refractivity contribution in [2.75, 3.05) is 26.2 Å². The summed E-state index contributed by atoms with van der Waals surface area (Å²) >= 11 is 0. The van der Waals surface area contributed by atoms with Gasteiger partial charge >= 0.3 is 0 Å². The predicted molar refractivity (Wildman–Crippen MR) is 52.6 cm³/mol. The van der Waals surface area contributed by atoms with Crippen LogP contribution in [-0.2, 0) is 0 Å². The Morgan fingerprint density at radius 2 is 1.82 bits per heavy atom. The summed E-state index contributed by atoms with van der Waals surface area (Å²) in [5.41, 5.74) is 5.50. The Hall–Kier alpha value is 0.137. The molecule has 3 heteroatoms. The first-order chi connectivity index (χ1) is 5.14. The topological polar surface area (TPSA) is 29.3 Å². The van der Waals surface area contributed by atoms with Crippen LogP contribution in [0.15, 0.2) is 0 Å². The summed E-state index contributed by atoms with van der Waals surface area (Å²) < 4.78 is 0. The van der Waals surface area contributed by atoms with Crippen molar-refractivity contribution in [2.24, 2.45) is 5.73 Å². The van der Waals surface area contributed by atoms with E-state index in [0.717, 1.165) is 13.1 Å². The molecule has 0 unspecified atom stereocenters. The minimum atomic E-state index is -0.744. The first-order valence-corrected chi connectivity index (χ1v) is 7.98. The van der Waals surface area contributed by atoms with Gasteiger partial charge in [0.1, 0.15) is 0 Å². The van der Waals surface area contributed by atoms with E-state index >= 15 is 0 Å². The fourth-order valence-electron chi connectivity index (χ4n) is 1.56. The molecule has 0 atom stereocenters. The van der Waals surface area contributed by atoms with E-state index in [4.69, 9.17) is 5.73 Å². The molecule has 0 saturated carbocycles. The molecule has 2 N–H and O–H groups in total. The molecule has 0 aromatic rings. The molecule has 1 saturated heterocycles. The van der Waals surface area contributed by atoms with Crippen molar-refractivity contribution in [3.05, 3.63) is 0 Å².